The Hall–Kier alpha value is -1.10. The molecule has 0 spiro atoms. The van der Waals surface area contributed by atoms with Crippen molar-refractivity contribution < 1.29 is 14.7 Å². The monoisotopic (exact) mass is 254 g/mol. The van der Waals surface area contributed by atoms with Crippen LogP contribution in [0.15, 0.2) is 0 Å². The number of hydrogen-bond acceptors (Lipinski definition) is 3. The number of amides is 2. The molecule has 5 heteroatoms. The Morgan fingerprint density at radius 1 is 1.33 bits per heavy atom. The van der Waals surface area contributed by atoms with Gasteiger partial charge < -0.3 is 15.3 Å². The minimum Gasteiger partial charge on any atom is -0.392 e. The van der Waals surface area contributed by atoms with Gasteiger partial charge in [0.05, 0.1) is 12.0 Å². The molecule has 1 saturated carbocycles. The fourth-order valence-electron chi connectivity index (χ4n) is 2.79. The molecule has 5 nitrogen and oxygen atoms in total. The van der Waals surface area contributed by atoms with E-state index in [-0.39, 0.29) is 23.8 Å². The van der Waals surface area contributed by atoms with E-state index in [1.165, 1.54) is 0 Å². The van der Waals surface area contributed by atoms with E-state index in [2.05, 4.69) is 5.32 Å². The first-order valence-electron chi connectivity index (χ1n) is 6.80. The van der Waals surface area contributed by atoms with Crippen LogP contribution in [0.25, 0.3) is 0 Å². The summed E-state index contributed by atoms with van der Waals surface area (Å²) in [6.07, 6.45) is 4.14. The summed E-state index contributed by atoms with van der Waals surface area (Å²) in [7, 11) is 1.78. The first-order valence-corrected chi connectivity index (χ1v) is 6.80. The zero-order valence-electron chi connectivity index (χ0n) is 10.9. The molecule has 18 heavy (non-hydrogen) atoms. The maximum atomic E-state index is 12.1. The van der Waals surface area contributed by atoms with Crippen molar-refractivity contribution in [3.63, 3.8) is 0 Å². The first kappa shape index (κ1) is 13.3. The van der Waals surface area contributed by atoms with E-state index >= 15 is 0 Å². The summed E-state index contributed by atoms with van der Waals surface area (Å²) >= 11 is 0. The second-order valence-electron chi connectivity index (χ2n) is 5.47. The summed E-state index contributed by atoms with van der Waals surface area (Å²) in [6, 6.07) is -0.0599. The second kappa shape index (κ2) is 5.69. The van der Waals surface area contributed by atoms with E-state index in [0.29, 0.717) is 19.4 Å². The molecular formula is C13H22N2O3. The van der Waals surface area contributed by atoms with Gasteiger partial charge in [-0.1, -0.05) is 12.8 Å². The van der Waals surface area contributed by atoms with Crippen molar-refractivity contribution in [2.45, 2.75) is 50.7 Å². The van der Waals surface area contributed by atoms with Gasteiger partial charge in [-0.25, -0.2) is 0 Å². The van der Waals surface area contributed by atoms with Crippen molar-refractivity contribution in [3.05, 3.63) is 0 Å². The van der Waals surface area contributed by atoms with Crippen molar-refractivity contribution in [1.29, 1.82) is 0 Å². The smallest absolute Gasteiger partial charge is 0.225 e. The Labute approximate surface area is 108 Å². The number of likely N-dealkylation sites (tertiary alicyclic amines) is 1. The molecule has 102 valence electrons. The number of carbonyl (C=O) groups is 2. The van der Waals surface area contributed by atoms with E-state index in [0.717, 1.165) is 25.7 Å². The quantitative estimate of drug-likeness (QED) is 0.743. The van der Waals surface area contributed by atoms with E-state index < -0.39 is 6.10 Å². The van der Waals surface area contributed by atoms with Crippen molar-refractivity contribution in [2.24, 2.45) is 5.92 Å². The van der Waals surface area contributed by atoms with Crippen LogP contribution < -0.4 is 5.32 Å². The van der Waals surface area contributed by atoms with Crippen LogP contribution in [0.3, 0.4) is 0 Å². The summed E-state index contributed by atoms with van der Waals surface area (Å²) in [4.78, 5) is 25.3. The number of aliphatic hydroxyl groups is 1. The van der Waals surface area contributed by atoms with Crippen LogP contribution in [0.1, 0.15) is 38.5 Å². The lowest BCUT2D eigenvalue weighted by Gasteiger charge is -2.32. The molecule has 0 aromatic rings. The standard InChI is InChI=1S/C13H22N2O3/c1-15-7-6-9(8-12(15)17)14-13(18)10-4-2-3-5-11(10)16/h9-11,16H,2-8H2,1H3,(H,14,18). The minimum atomic E-state index is -0.513. The molecular weight excluding hydrogens is 232 g/mol. The average molecular weight is 254 g/mol. The van der Waals surface area contributed by atoms with Gasteiger partial charge in [-0.05, 0) is 19.3 Å². The molecule has 2 amide bonds. The Kier molecular flexibility index (Phi) is 4.22. The fraction of sp³-hybridized carbons (Fsp3) is 0.846. The predicted octanol–water partition coefficient (Wildman–Crippen LogP) is 0.274. The highest BCUT2D eigenvalue weighted by atomic mass is 16.3. The number of aliphatic hydroxyl groups excluding tert-OH is 1. The van der Waals surface area contributed by atoms with Crippen molar-refractivity contribution in [1.82, 2.24) is 10.2 Å². The molecule has 2 N–H and O–H groups in total. The molecule has 1 heterocycles. The average Bonchev–Trinajstić information content (AvgIpc) is 2.34. The van der Waals surface area contributed by atoms with Gasteiger partial charge in [0.15, 0.2) is 0 Å². The van der Waals surface area contributed by atoms with Crippen LogP contribution in [0.5, 0.6) is 0 Å². The molecule has 1 saturated heterocycles. The lowest BCUT2D eigenvalue weighted by Crippen LogP contribution is -2.49. The minimum absolute atomic E-state index is 0.0599. The molecule has 1 aliphatic heterocycles. The third kappa shape index (κ3) is 3.02. The predicted molar refractivity (Wildman–Crippen MR) is 66.8 cm³/mol. The first-order chi connectivity index (χ1) is 8.58. The van der Waals surface area contributed by atoms with Gasteiger partial charge in [0.1, 0.15) is 0 Å². The maximum absolute atomic E-state index is 12.1. The summed E-state index contributed by atoms with van der Waals surface area (Å²) in [5.74, 6) is -0.284. The van der Waals surface area contributed by atoms with Gasteiger partial charge in [0.2, 0.25) is 11.8 Å². The van der Waals surface area contributed by atoms with Gasteiger partial charge in [-0.3, -0.25) is 9.59 Å². The van der Waals surface area contributed by atoms with Crippen molar-refractivity contribution >= 4 is 11.8 Å². The van der Waals surface area contributed by atoms with Crippen molar-refractivity contribution in [3.8, 4) is 0 Å². The molecule has 0 aromatic heterocycles. The van der Waals surface area contributed by atoms with Crippen LogP contribution in [0.2, 0.25) is 0 Å². The molecule has 2 rings (SSSR count). The van der Waals surface area contributed by atoms with Crippen LogP contribution >= 0.6 is 0 Å². The lowest BCUT2D eigenvalue weighted by atomic mass is 9.85. The Morgan fingerprint density at radius 2 is 2.06 bits per heavy atom. The molecule has 2 fully saturated rings. The molecule has 0 radical (unpaired) electrons. The number of nitrogens with one attached hydrogen (secondary N) is 1. The number of carbonyl (C=O) groups excluding carboxylic acids is 2. The van der Waals surface area contributed by atoms with E-state index in [1.54, 1.807) is 11.9 Å². The number of hydrogen-bond donors (Lipinski definition) is 2. The van der Waals surface area contributed by atoms with Gasteiger partial charge in [0, 0.05) is 26.1 Å². The lowest BCUT2D eigenvalue weighted by molar-refractivity contribution is -0.135. The highest BCUT2D eigenvalue weighted by Gasteiger charge is 2.32. The summed E-state index contributed by atoms with van der Waals surface area (Å²) in [6.45, 7) is 0.691. The molecule has 2 aliphatic rings. The van der Waals surface area contributed by atoms with E-state index in [9.17, 15) is 14.7 Å². The van der Waals surface area contributed by atoms with Gasteiger partial charge in [0.25, 0.3) is 0 Å². The highest BCUT2D eigenvalue weighted by molar-refractivity contribution is 5.82. The topological polar surface area (TPSA) is 69.6 Å². The third-order valence-electron chi connectivity index (χ3n) is 4.07. The Morgan fingerprint density at radius 3 is 2.72 bits per heavy atom. The molecule has 3 atom stereocenters. The largest absolute Gasteiger partial charge is 0.392 e. The molecule has 3 unspecified atom stereocenters. The van der Waals surface area contributed by atoms with Gasteiger partial charge in [-0.2, -0.15) is 0 Å². The Balaban J connectivity index is 1.85. The Bertz CT molecular complexity index is 332. The highest BCUT2D eigenvalue weighted by Crippen LogP contribution is 2.25. The normalized spacial score (nSPS) is 33.3. The number of nitrogens with zero attached hydrogens (tertiary/aromatic N) is 1. The van der Waals surface area contributed by atoms with E-state index in [4.69, 9.17) is 0 Å². The number of piperidine rings is 1. The van der Waals surface area contributed by atoms with Crippen LogP contribution in [-0.2, 0) is 9.59 Å². The second-order valence-corrected chi connectivity index (χ2v) is 5.47. The SMILES string of the molecule is CN1CCC(NC(=O)C2CCCCC2O)CC1=O. The van der Waals surface area contributed by atoms with Crippen molar-refractivity contribution in [2.75, 3.05) is 13.6 Å². The zero-order valence-corrected chi connectivity index (χ0v) is 10.9. The van der Waals surface area contributed by atoms with Gasteiger partial charge >= 0.3 is 0 Å². The zero-order chi connectivity index (χ0) is 13.1. The van der Waals surface area contributed by atoms with Crippen LogP contribution in [-0.4, -0.2) is 47.6 Å². The fourth-order valence-corrected chi connectivity index (χ4v) is 2.79. The maximum Gasteiger partial charge on any atom is 0.225 e. The summed E-state index contributed by atoms with van der Waals surface area (Å²) in [5, 5.41) is 12.8. The van der Waals surface area contributed by atoms with Gasteiger partial charge in [-0.15, -0.1) is 0 Å². The van der Waals surface area contributed by atoms with Crippen LogP contribution in [0, 0.1) is 5.92 Å². The summed E-state index contributed by atoms with van der Waals surface area (Å²) in [5.41, 5.74) is 0. The van der Waals surface area contributed by atoms with Crippen LogP contribution in [0.4, 0.5) is 0 Å². The third-order valence-corrected chi connectivity index (χ3v) is 4.07. The molecule has 0 aromatic carbocycles. The summed E-state index contributed by atoms with van der Waals surface area (Å²) < 4.78 is 0. The molecule has 1 aliphatic carbocycles. The molecule has 0 bridgehead atoms. The number of rotatable bonds is 2. The van der Waals surface area contributed by atoms with E-state index in [1.807, 2.05) is 0 Å².